The Balaban J connectivity index is 4.55. The molecule has 0 heterocycles. The number of phosphoric ester groups is 2. The minimum Gasteiger partial charge on any atom is -0.463 e. The lowest BCUT2D eigenvalue weighted by atomic mass is 10.0. The monoisotopic (exact) mass is 1620 g/mol. The molecule has 0 aromatic rings. The number of aliphatic hydroxyl groups is 2. The van der Waals surface area contributed by atoms with E-state index >= 15 is 0 Å². The van der Waals surface area contributed by atoms with E-state index < -0.39 is 91.5 Å². The van der Waals surface area contributed by atoms with Crippen molar-refractivity contribution in [2.24, 2.45) is 0 Å². The largest absolute Gasteiger partial charge is 0.472 e. The maximum atomic E-state index is 13.0. The van der Waals surface area contributed by atoms with Crippen LogP contribution in [0.3, 0.4) is 0 Å². The number of hydrogen-bond acceptors (Lipinski definition) is 14. The molecule has 0 saturated carbocycles. The summed E-state index contributed by atoms with van der Waals surface area (Å²) in [6, 6.07) is 0. The maximum Gasteiger partial charge on any atom is 0.472 e. The second-order valence-electron chi connectivity index (χ2n) is 29.7. The maximum absolute atomic E-state index is 13.0. The van der Waals surface area contributed by atoms with Crippen LogP contribution in [-0.2, 0) is 55.8 Å². The summed E-state index contributed by atoms with van der Waals surface area (Å²) in [7, 11) is -9.83. The van der Waals surface area contributed by atoms with E-state index in [4.69, 9.17) is 32.3 Å². The molecule has 0 amide bonds. The first-order valence-corrected chi connectivity index (χ1v) is 47.8. The smallest absolute Gasteiger partial charge is 0.463 e. The van der Waals surface area contributed by atoms with Gasteiger partial charge in [-0.1, -0.05) is 359 Å². The fourth-order valence-electron chi connectivity index (χ4n) is 11.9. The Labute approximate surface area is 689 Å². The molecule has 0 aliphatic rings. The first-order chi connectivity index (χ1) is 55.2. The zero-order valence-corrected chi connectivity index (χ0v) is 73.0. The quantitative estimate of drug-likeness (QED) is 0.0146. The predicted molar refractivity (Wildman–Crippen MR) is 472 cm³/mol. The zero-order chi connectivity index (χ0) is 82.2. The van der Waals surface area contributed by atoms with E-state index in [1.807, 2.05) is 12.2 Å². The van der Waals surface area contributed by atoms with Gasteiger partial charge < -0.3 is 34.2 Å². The van der Waals surface area contributed by atoms with Crippen molar-refractivity contribution in [3.8, 4) is 0 Å². The van der Waals surface area contributed by atoms with Crippen molar-refractivity contribution in [1.82, 2.24) is 0 Å². The van der Waals surface area contributed by atoms with Gasteiger partial charge >= 0.3 is 33.6 Å². The van der Waals surface area contributed by atoms with Gasteiger partial charge in [0.05, 0.1) is 26.4 Å². The van der Waals surface area contributed by atoms with Gasteiger partial charge in [0.2, 0.25) is 0 Å². The number of aliphatic hydroxyl groups excluding tert-OH is 2. The highest BCUT2D eigenvalue weighted by Crippen LogP contribution is 2.45. The number of hydrogen-bond donors (Lipinski definition) is 4. The fourth-order valence-corrected chi connectivity index (χ4v) is 13.5. The van der Waals surface area contributed by atoms with Gasteiger partial charge in [0, 0.05) is 19.3 Å². The summed E-state index contributed by atoms with van der Waals surface area (Å²) in [6.07, 6.45) is 110. The van der Waals surface area contributed by atoms with Crippen LogP contribution >= 0.6 is 15.6 Å². The molecule has 0 spiro atoms. The van der Waals surface area contributed by atoms with Crippen LogP contribution in [-0.4, -0.2) is 95.9 Å². The van der Waals surface area contributed by atoms with Crippen molar-refractivity contribution >= 4 is 33.6 Å². The van der Waals surface area contributed by atoms with Crippen molar-refractivity contribution < 1.29 is 75.8 Å². The Morgan fingerprint density at radius 3 is 0.770 bits per heavy atom. The van der Waals surface area contributed by atoms with Crippen LogP contribution in [0.25, 0.3) is 0 Å². The van der Waals surface area contributed by atoms with Crippen LogP contribution in [0.15, 0.2) is 158 Å². The van der Waals surface area contributed by atoms with Gasteiger partial charge in [0.25, 0.3) is 0 Å². The van der Waals surface area contributed by atoms with Gasteiger partial charge in [-0.25, -0.2) is 9.13 Å². The van der Waals surface area contributed by atoms with Gasteiger partial charge in [0.15, 0.2) is 6.10 Å². The van der Waals surface area contributed by atoms with E-state index in [-0.39, 0.29) is 19.3 Å². The topological polar surface area (TPSA) is 231 Å². The molecule has 4 N–H and O–H groups in total. The minimum absolute atomic E-state index is 0.0227. The van der Waals surface area contributed by atoms with Gasteiger partial charge in [-0.3, -0.25) is 32.5 Å². The number of carbonyl (C=O) groups excluding carboxylic acids is 3. The summed E-state index contributed by atoms with van der Waals surface area (Å²) in [5.74, 6) is -1.64. The van der Waals surface area contributed by atoms with Crippen LogP contribution in [0.1, 0.15) is 367 Å². The van der Waals surface area contributed by atoms with Crippen LogP contribution in [0.2, 0.25) is 0 Å². The zero-order valence-electron chi connectivity index (χ0n) is 71.3. The number of ether oxygens (including phenoxy) is 3. The van der Waals surface area contributed by atoms with Crippen molar-refractivity contribution in [2.75, 3.05) is 39.6 Å². The van der Waals surface area contributed by atoms with Crippen molar-refractivity contribution in [2.45, 2.75) is 386 Å². The molecule has 648 valence electrons. The van der Waals surface area contributed by atoms with E-state index in [0.29, 0.717) is 25.7 Å². The molecule has 5 atom stereocenters. The van der Waals surface area contributed by atoms with E-state index in [0.717, 1.165) is 122 Å². The lowest BCUT2D eigenvalue weighted by Crippen LogP contribution is -2.30. The van der Waals surface area contributed by atoms with Crippen LogP contribution < -0.4 is 0 Å². The van der Waals surface area contributed by atoms with Gasteiger partial charge in [0.1, 0.15) is 25.4 Å². The molecule has 18 heteroatoms. The Hall–Kier alpha value is -4.83. The normalized spacial score (nSPS) is 14.6. The van der Waals surface area contributed by atoms with Crippen molar-refractivity contribution in [3.05, 3.63) is 158 Å². The molecule has 16 nitrogen and oxygen atoms in total. The first kappa shape index (κ1) is 108. The molecule has 113 heavy (non-hydrogen) atoms. The molecule has 0 fully saturated rings. The molecule has 0 bridgehead atoms. The lowest BCUT2D eigenvalue weighted by molar-refractivity contribution is -0.161. The van der Waals surface area contributed by atoms with E-state index in [1.54, 1.807) is 0 Å². The highest BCUT2D eigenvalue weighted by atomic mass is 31.2. The number of esters is 3. The molecule has 0 saturated heterocycles. The lowest BCUT2D eigenvalue weighted by Gasteiger charge is -2.21. The van der Waals surface area contributed by atoms with E-state index in [9.17, 15) is 43.5 Å². The molecule has 0 aliphatic carbocycles. The summed E-state index contributed by atoms with van der Waals surface area (Å²) in [5.41, 5.74) is 0. The number of phosphoric acid groups is 2. The van der Waals surface area contributed by atoms with Crippen molar-refractivity contribution in [1.29, 1.82) is 0 Å². The second-order valence-corrected chi connectivity index (χ2v) is 32.6. The third kappa shape index (κ3) is 87.8. The number of carbonyl (C=O) groups is 3. The van der Waals surface area contributed by atoms with Gasteiger partial charge in [-0.2, -0.15) is 0 Å². The molecule has 0 radical (unpaired) electrons. The summed E-state index contributed by atoms with van der Waals surface area (Å²) >= 11 is 0. The van der Waals surface area contributed by atoms with Crippen LogP contribution in [0.4, 0.5) is 0 Å². The Morgan fingerprint density at radius 1 is 0.257 bits per heavy atom. The van der Waals surface area contributed by atoms with Crippen LogP contribution in [0.5, 0.6) is 0 Å². The third-order valence-electron chi connectivity index (χ3n) is 18.7. The minimum atomic E-state index is -4.96. The number of rotatable bonds is 84. The summed E-state index contributed by atoms with van der Waals surface area (Å²) in [4.78, 5) is 58.9. The highest BCUT2D eigenvalue weighted by Gasteiger charge is 2.29. The van der Waals surface area contributed by atoms with Gasteiger partial charge in [-0.05, 0) is 148 Å². The molecule has 0 aliphatic heterocycles. The molecule has 5 unspecified atom stereocenters. The molecular weight excluding hydrogens is 1460 g/mol. The molecule has 0 rings (SSSR count). The third-order valence-corrected chi connectivity index (χ3v) is 20.6. The fraction of sp³-hybridized carbons (Fsp3) is 0.695. The molecule has 0 aromatic carbocycles. The Morgan fingerprint density at radius 2 is 0.478 bits per heavy atom. The van der Waals surface area contributed by atoms with E-state index in [1.165, 1.54) is 180 Å². The SMILES string of the molecule is CC/C=C\C/C=C\C/C=C\C/C=C\C/C=C\CCCC(=O)OC(COC(=O)CCCCCCCCCCCCCCC/C=C\C/C=C\C/C=C\C/C=C\CCCCC)COP(=O)(O)OCC(O)COP(=O)(O)OCC(O)COC(=O)CCCCCCCCCCCCCCCCC/C=C\C/C=C\C/C=C\C/C=C\CCCCC. The Kier molecular flexibility index (Phi) is 82.8. The average molecular weight is 1620 g/mol. The summed E-state index contributed by atoms with van der Waals surface area (Å²) < 4.78 is 61.3. The van der Waals surface area contributed by atoms with Crippen LogP contribution in [0, 0.1) is 0 Å². The van der Waals surface area contributed by atoms with E-state index in [2.05, 4.69) is 167 Å². The summed E-state index contributed by atoms with van der Waals surface area (Å²) in [5, 5.41) is 20.7. The second kappa shape index (κ2) is 86.5. The summed E-state index contributed by atoms with van der Waals surface area (Å²) in [6.45, 7) is 2.47. The number of unbranched alkanes of at least 4 members (excludes halogenated alkanes) is 35. The first-order valence-electron chi connectivity index (χ1n) is 44.8. The standard InChI is InChI=1S/C95H162O16P2/c1-4-7-10-13-16-19-22-25-28-31-33-35-37-39-41-43-44-46-48-49-51-53-55-58-60-63-66-69-72-75-78-81-93(98)105-84-90(96)85-107-112(101,102)108-86-91(97)87-109-113(103,104)110-89-92(111-95(100)83-80-77-74-71-68-65-62-57-30-27-24-21-18-15-12-9-6-3)88-106-94(99)82-79-76-73-70-67-64-61-59-56-54-52-50-47-45-42-40-38-36-34-32-29-26-23-20-17-14-11-8-5-2/h9,12,16-21,25-30,33-36,39-42,62,65,71,74,90-92,96-97H,4-8,10-11,13-15,22-24,31-32,37-38,43-61,63-64,66-70,72-73,75-89H2,1-3H3,(H,101,102)(H,103,104)/b12-9-,19-16-,20-17-,21-18-,28-25-,29-26-,30-27-,35-33-,36-34-,41-39-,42-40-,65-62-,74-71-. The van der Waals surface area contributed by atoms with Gasteiger partial charge in [-0.15, -0.1) is 0 Å². The Bertz CT molecular complexity index is 2680. The predicted octanol–water partition coefficient (Wildman–Crippen LogP) is 27.3. The molecular formula is C95H162O16P2. The molecule has 0 aromatic heterocycles. The average Bonchev–Trinajstić information content (AvgIpc) is 0.901. The van der Waals surface area contributed by atoms with Crippen molar-refractivity contribution in [3.63, 3.8) is 0 Å². The highest BCUT2D eigenvalue weighted by molar-refractivity contribution is 7.47. The number of allylic oxidation sites excluding steroid dienone is 26.